The lowest BCUT2D eigenvalue weighted by molar-refractivity contribution is -0.154. The summed E-state index contributed by atoms with van der Waals surface area (Å²) in [6, 6.07) is 14.6. The van der Waals surface area contributed by atoms with Gasteiger partial charge >= 0.3 is 6.18 Å². The van der Waals surface area contributed by atoms with Crippen LogP contribution < -0.4 is 19.6 Å². The molecule has 1 aromatic heterocycles. The van der Waals surface area contributed by atoms with E-state index in [-0.39, 0.29) is 29.1 Å². The lowest BCUT2D eigenvalue weighted by atomic mass is 10.2. The van der Waals surface area contributed by atoms with Crippen LogP contribution in [0.2, 0.25) is 10.0 Å². The second-order valence-electron chi connectivity index (χ2n) is 7.05. The van der Waals surface area contributed by atoms with Crippen LogP contribution in [0.1, 0.15) is 11.3 Å². The minimum absolute atomic E-state index is 0.0173. The summed E-state index contributed by atoms with van der Waals surface area (Å²) in [7, 11) is 1.39. The predicted molar refractivity (Wildman–Crippen MR) is 121 cm³/mol. The Morgan fingerprint density at radius 3 is 2.41 bits per heavy atom. The van der Waals surface area contributed by atoms with Gasteiger partial charge in [0.1, 0.15) is 29.4 Å². The molecule has 3 aromatic carbocycles. The standard InChI is InChI=1S/C24H15Cl2F3O5/c1-31-15-3-2-4-17(10-15)33-22-21(30)18-8-7-16(11-20(18)34-23(22)24(27,28)29)32-12-13-5-6-14(25)9-19(13)26/h2-11H,12H2,1H3. The molecule has 1 heterocycles. The van der Waals surface area contributed by atoms with Crippen LogP contribution in [0.3, 0.4) is 0 Å². The molecule has 34 heavy (non-hydrogen) atoms. The SMILES string of the molecule is COc1cccc(Oc2c(C(F)(F)F)oc3cc(OCc4ccc(Cl)cc4Cl)ccc3c2=O)c1. The van der Waals surface area contributed by atoms with Crippen molar-refractivity contribution in [1.29, 1.82) is 0 Å². The molecule has 0 radical (unpaired) electrons. The normalized spacial score (nSPS) is 11.5. The quantitative estimate of drug-likeness (QED) is 0.268. The predicted octanol–water partition coefficient (Wildman–Crippen LogP) is 7.50. The zero-order valence-corrected chi connectivity index (χ0v) is 18.9. The summed E-state index contributed by atoms with van der Waals surface area (Å²) < 4.78 is 62.3. The number of ether oxygens (including phenoxy) is 3. The van der Waals surface area contributed by atoms with E-state index >= 15 is 0 Å². The van der Waals surface area contributed by atoms with Crippen molar-refractivity contribution in [2.75, 3.05) is 7.11 Å². The molecule has 4 aromatic rings. The Kier molecular flexibility index (Phi) is 6.63. The Labute approximate surface area is 201 Å². The van der Waals surface area contributed by atoms with Gasteiger partial charge in [0.15, 0.2) is 0 Å². The third-order valence-corrected chi connectivity index (χ3v) is 5.34. The summed E-state index contributed by atoms with van der Waals surface area (Å²) in [5, 5.41) is 0.717. The second kappa shape index (κ2) is 9.48. The van der Waals surface area contributed by atoms with Crippen LogP contribution in [0, 0.1) is 0 Å². The van der Waals surface area contributed by atoms with E-state index in [4.69, 9.17) is 41.8 Å². The summed E-state index contributed by atoms with van der Waals surface area (Å²) >= 11 is 12.0. The van der Waals surface area contributed by atoms with Gasteiger partial charge in [-0.25, -0.2) is 0 Å². The highest BCUT2D eigenvalue weighted by Crippen LogP contribution is 2.39. The van der Waals surface area contributed by atoms with Crippen LogP contribution in [0.15, 0.2) is 69.9 Å². The number of fused-ring (bicyclic) bond motifs is 1. The Balaban J connectivity index is 1.71. The molecule has 0 unspecified atom stereocenters. The zero-order chi connectivity index (χ0) is 24.5. The first-order chi connectivity index (χ1) is 16.2. The molecular weight excluding hydrogens is 496 g/mol. The molecule has 5 nitrogen and oxygen atoms in total. The monoisotopic (exact) mass is 510 g/mol. The molecule has 0 atom stereocenters. The highest BCUT2D eigenvalue weighted by atomic mass is 35.5. The molecule has 0 aliphatic carbocycles. The number of alkyl halides is 3. The maximum atomic E-state index is 13.8. The van der Waals surface area contributed by atoms with Gasteiger partial charge in [0, 0.05) is 27.7 Å². The molecule has 0 saturated carbocycles. The van der Waals surface area contributed by atoms with Crippen molar-refractivity contribution in [3.05, 3.63) is 92.3 Å². The molecule has 0 fully saturated rings. The van der Waals surface area contributed by atoms with Crippen molar-refractivity contribution in [1.82, 2.24) is 0 Å². The van der Waals surface area contributed by atoms with Crippen LogP contribution in [0.5, 0.6) is 23.0 Å². The van der Waals surface area contributed by atoms with Gasteiger partial charge < -0.3 is 18.6 Å². The van der Waals surface area contributed by atoms with Gasteiger partial charge in [-0.2, -0.15) is 13.2 Å². The number of hydrogen-bond acceptors (Lipinski definition) is 5. The molecule has 0 amide bonds. The largest absolute Gasteiger partial charge is 0.497 e. The summed E-state index contributed by atoms with van der Waals surface area (Å²) in [5.74, 6) is -2.04. The summed E-state index contributed by atoms with van der Waals surface area (Å²) in [4.78, 5) is 12.9. The van der Waals surface area contributed by atoms with E-state index in [9.17, 15) is 18.0 Å². The Hall–Kier alpha value is -3.36. The van der Waals surface area contributed by atoms with Crippen LogP contribution in [-0.2, 0) is 12.8 Å². The topological polar surface area (TPSA) is 57.9 Å². The van der Waals surface area contributed by atoms with Gasteiger partial charge in [-0.1, -0.05) is 35.3 Å². The van der Waals surface area contributed by atoms with E-state index in [0.717, 1.165) is 0 Å². The Morgan fingerprint density at radius 1 is 0.941 bits per heavy atom. The van der Waals surface area contributed by atoms with E-state index in [1.807, 2.05) is 0 Å². The first kappa shape index (κ1) is 23.8. The van der Waals surface area contributed by atoms with E-state index in [0.29, 0.717) is 21.4 Å². The van der Waals surface area contributed by atoms with E-state index in [1.54, 1.807) is 24.3 Å². The van der Waals surface area contributed by atoms with Crippen LogP contribution in [0.4, 0.5) is 13.2 Å². The third kappa shape index (κ3) is 5.08. The van der Waals surface area contributed by atoms with E-state index in [1.165, 1.54) is 43.5 Å². The zero-order valence-electron chi connectivity index (χ0n) is 17.4. The molecule has 0 saturated heterocycles. The molecule has 4 rings (SSSR count). The van der Waals surface area contributed by atoms with Gasteiger partial charge in [-0.3, -0.25) is 4.79 Å². The number of hydrogen-bond donors (Lipinski definition) is 0. The van der Waals surface area contributed by atoms with Crippen LogP contribution >= 0.6 is 23.2 Å². The van der Waals surface area contributed by atoms with Crippen molar-refractivity contribution in [2.45, 2.75) is 12.8 Å². The number of benzene rings is 3. The first-order valence-corrected chi connectivity index (χ1v) is 10.5. The van der Waals surface area contributed by atoms with Gasteiger partial charge in [-0.05, 0) is 36.4 Å². The summed E-state index contributed by atoms with van der Waals surface area (Å²) in [5.41, 5.74) is -0.677. The van der Waals surface area contributed by atoms with Crippen molar-refractivity contribution < 1.29 is 31.8 Å². The molecule has 10 heteroatoms. The maximum absolute atomic E-state index is 13.8. The molecule has 0 aliphatic heterocycles. The highest BCUT2D eigenvalue weighted by Gasteiger charge is 2.40. The molecular formula is C24H15Cl2F3O5. The number of rotatable bonds is 6. The molecule has 0 N–H and O–H groups in total. The summed E-state index contributed by atoms with van der Waals surface area (Å²) in [6.45, 7) is 0.0227. The van der Waals surface area contributed by atoms with Crippen LogP contribution in [0.25, 0.3) is 11.0 Å². The fourth-order valence-corrected chi connectivity index (χ4v) is 3.57. The Bertz CT molecular complexity index is 1420. The van der Waals surface area contributed by atoms with Crippen LogP contribution in [-0.4, -0.2) is 7.11 Å². The van der Waals surface area contributed by atoms with Gasteiger partial charge in [0.05, 0.1) is 12.5 Å². The average Bonchev–Trinajstić information content (AvgIpc) is 2.79. The van der Waals surface area contributed by atoms with Gasteiger partial charge in [0.2, 0.25) is 11.2 Å². The van der Waals surface area contributed by atoms with E-state index < -0.39 is 23.1 Å². The van der Waals surface area contributed by atoms with Crippen molar-refractivity contribution in [3.8, 4) is 23.0 Å². The number of halogens is 5. The van der Waals surface area contributed by atoms with Gasteiger partial charge in [0.25, 0.3) is 5.76 Å². The second-order valence-corrected chi connectivity index (χ2v) is 7.89. The molecule has 176 valence electrons. The lowest BCUT2D eigenvalue weighted by Gasteiger charge is -2.14. The van der Waals surface area contributed by atoms with Crippen molar-refractivity contribution in [2.24, 2.45) is 0 Å². The molecule has 0 bridgehead atoms. The minimum atomic E-state index is -4.99. The fraction of sp³-hybridized carbons (Fsp3) is 0.125. The minimum Gasteiger partial charge on any atom is -0.497 e. The highest BCUT2D eigenvalue weighted by molar-refractivity contribution is 6.35. The summed E-state index contributed by atoms with van der Waals surface area (Å²) in [6.07, 6.45) is -4.99. The average molecular weight is 511 g/mol. The van der Waals surface area contributed by atoms with Gasteiger partial charge in [-0.15, -0.1) is 0 Å². The molecule has 0 spiro atoms. The Morgan fingerprint density at radius 2 is 1.71 bits per heavy atom. The lowest BCUT2D eigenvalue weighted by Crippen LogP contribution is -2.15. The van der Waals surface area contributed by atoms with E-state index in [2.05, 4.69) is 0 Å². The number of methoxy groups -OCH3 is 1. The van der Waals surface area contributed by atoms with Crippen molar-refractivity contribution >= 4 is 34.2 Å². The van der Waals surface area contributed by atoms with Crippen molar-refractivity contribution in [3.63, 3.8) is 0 Å². The molecule has 0 aliphatic rings. The fourth-order valence-electron chi connectivity index (χ4n) is 3.11. The smallest absolute Gasteiger partial charge is 0.453 e. The first-order valence-electron chi connectivity index (χ1n) is 9.72. The third-order valence-electron chi connectivity index (χ3n) is 4.75. The maximum Gasteiger partial charge on any atom is 0.453 e.